The van der Waals surface area contributed by atoms with Crippen LogP contribution in [0.15, 0.2) is 19.6 Å². The molecule has 4 N–H and O–H groups in total. The lowest BCUT2D eigenvalue weighted by molar-refractivity contribution is 0.371. The van der Waals surface area contributed by atoms with E-state index in [1.54, 1.807) is 0 Å². The normalized spacial score (nSPS) is 12.8. The molecule has 0 saturated heterocycles. The summed E-state index contributed by atoms with van der Waals surface area (Å²) in [6.45, 7) is 0. The van der Waals surface area contributed by atoms with Crippen molar-refractivity contribution >= 4 is 63.7 Å². The molecule has 214 valence electrons. The number of halogens is 2. The maximum absolute atomic E-state index is 12.5. The molecule has 0 heterocycles. The van der Waals surface area contributed by atoms with Gasteiger partial charge in [0.25, 0.3) is 40.5 Å². The Morgan fingerprint density at radius 3 is 0.816 bits per heavy atom. The number of hydrogen-bond acceptors (Lipinski definition) is 12. The third kappa shape index (κ3) is 5.46. The van der Waals surface area contributed by atoms with Crippen molar-refractivity contribution in [3.63, 3.8) is 0 Å². The summed E-state index contributed by atoms with van der Waals surface area (Å²) in [5.74, 6) is -5.13. The van der Waals surface area contributed by atoms with Crippen LogP contribution in [0.3, 0.4) is 0 Å². The van der Waals surface area contributed by atoms with E-state index >= 15 is 0 Å². The van der Waals surface area contributed by atoms with Crippen LogP contribution in [-0.4, -0.2) is 80.3 Å². The minimum atomic E-state index is -5.69. The lowest BCUT2D eigenvalue weighted by atomic mass is 10.0. The van der Waals surface area contributed by atoms with Gasteiger partial charge in [0.05, 0.1) is 39.6 Å². The molecule has 0 radical (unpaired) electrons. The van der Waals surface area contributed by atoms with Gasteiger partial charge in [-0.05, 0) is 0 Å². The molecule has 22 heteroatoms. The Labute approximate surface area is 226 Å². The lowest BCUT2D eigenvalue weighted by Crippen LogP contribution is -2.15. The third-order valence-corrected chi connectivity index (χ3v) is 9.20. The summed E-state index contributed by atoms with van der Waals surface area (Å²) in [5, 5.41) is -2.40. The Morgan fingerprint density at radius 2 is 0.658 bits per heavy atom. The number of methoxy groups -OCH3 is 4. The highest BCUT2D eigenvalue weighted by Crippen LogP contribution is 2.58. The number of benzene rings is 2. The van der Waals surface area contributed by atoms with E-state index in [-0.39, 0.29) is 0 Å². The standard InChI is InChI=1S/C16H16Cl2O16S4/c1-31-9-5(13(35(19,20)21)11(33-3)7(17)15(9)37(25,26)27)6-10(32-2)16(38(28,29)30)8(18)12(34-4)14(6)36(22,23)24/h1-4H3,(H,19,20,21)(H,22,23,24)(H,25,26,27)(H,28,29,30). The van der Waals surface area contributed by atoms with Gasteiger partial charge in [-0.3, -0.25) is 18.2 Å². The molecule has 0 amide bonds. The first-order chi connectivity index (χ1) is 17.1. The topological polar surface area (TPSA) is 254 Å². The fourth-order valence-corrected chi connectivity index (χ4v) is 7.86. The van der Waals surface area contributed by atoms with Crippen LogP contribution in [0.2, 0.25) is 10.0 Å². The van der Waals surface area contributed by atoms with Crippen molar-refractivity contribution in [2.75, 3.05) is 28.4 Å². The molecule has 2 aromatic carbocycles. The molecule has 0 spiro atoms. The molecular weight excluding hydrogens is 647 g/mol. The Kier molecular flexibility index (Phi) is 8.82. The van der Waals surface area contributed by atoms with Gasteiger partial charge in [-0.25, -0.2) is 0 Å². The third-order valence-electron chi connectivity index (χ3n) is 4.63. The zero-order valence-corrected chi connectivity index (χ0v) is 23.9. The van der Waals surface area contributed by atoms with Crippen LogP contribution in [0.5, 0.6) is 23.0 Å². The molecular formula is C16H16Cl2O16S4. The number of rotatable bonds is 9. The van der Waals surface area contributed by atoms with Crippen LogP contribution < -0.4 is 18.9 Å². The van der Waals surface area contributed by atoms with E-state index in [0.29, 0.717) is 28.4 Å². The van der Waals surface area contributed by atoms with E-state index in [2.05, 4.69) is 0 Å². The fourth-order valence-electron chi connectivity index (χ4n) is 3.43. The van der Waals surface area contributed by atoms with Crippen molar-refractivity contribution in [2.45, 2.75) is 19.6 Å². The highest BCUT2D eigenvalue weighted by atomic mass is 35.5. The molecule has 0 aliphatic carbocycles. The quantitative estimate of drug-likeness (QED) is 0.278. The van der Waals surface area contributed by atoms with Crippen molar-refractivity contribution < 1.29 is 70.8 Å². The maximum atomic E-state index is 12.5. The van der Waals surface area contributed by atoms with Gasteiger partial charge in [0.1, 0.15) is 19.8 Å². The summed E-state index contributed by atoms with van der Waals surface area (Å²) < 4.78 is 158. The zero-order valence-electron chi connectivity index (χ0n) is 19.1. The smallest absolute Gasteiger partial charge is 0.299 e. The zero-order chi connectivity index (χ0) is 29.8. The maximum Gasteiger partial charge on any atom is 0.299 e. The highest BCUT2D eigenvalue weighted by Gasteiger charge is 2.43. The number of hydrogen-bond donors (Lipinski definition) is 4. The van der Waals surface area contributed by atoms with E-state index in [1.165, 1.54) is 0 Å². The first-order valence-corrected chi connectivity index (χ1v) is 15.5. The second-order valence-electron chi connectivity index (χ2n) is 6.73. The second-order valence-corrected chi connectivity index (χ2v) is 12.9. The summed E-state index contributed by atoms with van der Waals surface area (Å²) >= 11 is 11.9. The first kappa shape index (κ1) is 32.1. The van der Waals surface area contributed by atoms with Gasteiger partial charge in [0.15, 0.2) is 32.8 Å². The van der Waals surface area contributed by atoms with Crippen LogP contribution in [0.4, 0.5) is 0 Å². The molecule has 0 bridgehead atoms. The first-order valence-electron chi connectivity index (χ1n) is 8.96. The van der Waals surface area contributed by atoms with Crippen molar-refractivity contribution in [2.24, 2.45) is 0 Å². The lowest BCUT2D eigenvalue weighted by Gasteiger charge is -2.24. The van der Waals surface area contributed by atoms with E-state index in [1.807, 2.05) is 0 Å². The van der Waals surface area contributed by atoms with Gasteiger partial charge in [0.2, 0.25) is 0 Å². The predicted octanol–water partition coefficient (Wildman–Crippen LogP) is 1.68. The summed E-state index contributed by atoms with van der Waals surface area (Å²) in [7, 11) is -19.7. The van der Waals surface area contributed by atoms with Crippen LogP contribution >= 0.6 is 23.2 Å². The van der Waals surface area contributed by atoms with E-state index in [4.69, 9.17) is 42.1 Å². The summed E-state index contributed by atoms with van der Waals surface area (Å²) in [5.41, 5.74) is -2.82. The molecule has 0 saturated carbocycles. The molecule has 38 heavy (non-hydrogen) atoms. The van der Waals surface area contributed by atoms with E-state index in [0.717, 1.165) is 0 Å². The van der Waals surface area contributed by atoms with Crippen LogP contribution in [0, 0.1) is 0 Å². The van der Waals surface area contributed by atoms with Crippen LogP contribution in [0.25, 0.3) is 11.1 Å². The molecule has 0 unspecified atom stereocenters. The Balaban J connectivity index is 3.79. The van der Waals surface area contributed by atoms with Gasteiger partial charge >= 0.3 is 0 Å². The second kappa shape index (κ2) is 10.4. The molecule has 16 nitrogen and oxygen atoms in total. The van der Waals surface area contributed by atoms with Crippen molar-refractivity contribution in [3.05, 3.63) is 10.0 Å². The molecule has 2 aromatic rings. The summed E-state index contributed by atoms with van der Waals surface area (Å²) in [4.78, 5) is -6.07. The minimum absolute atomic E-state index is 0.667. The van der Waals surface area contributed by atoms with E-state index in [9.17, 15) is 51.9 Å². The van der Waals surface area contributed by atoms with Crippen LogP contribution in [-0.2, 0) is 40.5 Å². The fraction of sp³-hybridized carbons (Fsp3) is 0.250. The Morgan fingerprint density at radius 1 is 0.447 bits per heavy atom. The van der Waals surface area contributed by atoms with Gasteiger partial charge in [-0.2, -0.15) is 33.7 Å². The summed E-state index contributed by atoms with van der Waals surface area (Å²) in [6, 6.07) is 0. The van der Waals surface area contributed by atoms with Gasteiger partial charge in [-0.15, -0.1) is 0 Å². The van der Waals surface area contributed by atoms with Crippen molar-refractivity contribution in [1.82, 2.24) is 0 Å². The van der Waals surface area contributed by atoms with Crippen LogP contribution in [0.1, 0.15) is 0 Å². The number of ether oxygens (including phenoxy) is 4. The minimum Gasteiger partial charge on any atom is -0.495 e. The molecule has 0 aromatic heterocycles. The molecule has 0 aliphatic heterocycles. The molecule has 0 aliphatic rings. The van der Waals surface area contributed by atoms with Gasteiger partial charge in [-0.1, -0.05) is 23.2 Å². The SMILES string of the molecule is COc1c(-c2c(OC)c(S(=O)(=O)O)c(Cl)c(OC)c2S(=O)(=O)O)c(S(=O)(=O)O)c(OC)c(Cl)c1S(=O)(=O)O. The molecule has 0 fully saturated rings. The molecule has 2 rings (SSSR count). The van der Waals surface area contributed by atoms with Gasteiger partial charge < -0.3 is 18.9 Å². The Bertz CT molecular complexity index is 1630. The predicted molar refractivity (Wildman–Crippen MR) is 127 cm³/mol. The molecule has 0 atom stereocenters. The average molecular weight is 663 g/mol. The van der Waals surface area contributed by atoms with Gasteiger partial charge in [0, 0.05) is 0 Å². The monoisotopic (exact) mass is 662 g/mol. The van der Waals surface area contributed by atoms with Crippen molar-refractivity contribution in [3.8, 4) is 34.1 Å². The summed E-state index contributed by atoms with van der Waals surface area (Å²) in [6.07, 6.45) is 0. The largest absolute Gasteiger partial charge is 0.495 e. The highest BCUT2D eigenvalue weighted by molar-refractivity contribution is 7.87. The Hall–Kier alpha value is -2.14. The average Bonchev–Trinajstić information content (AvgIpc) is 2.73. The van der Waals surface area contributed by atoms with Crippen molar-refractivity contribution in [1.29, 1.82) is 0 Å². The van der Waals surface area contributed by atoms with E-state index < -0.39 is 104 Å².